The third-order valence-electron chi connectivity index (χ3n) is 5.58. The zero-order chi connectivity index (χ0) is 23.5. The van der Waals surface area contributed by atoms with Gasteiger partial charge in [-0.25, -0.2) is 0 Å². The molecule has 0 spiro atoms. The maximum Gasteiger partial charge on any atom is 0.260 e. The highest BCUT2D eigenvalue weighted by Gasteiger charge is 2.25. The van der Waals surface area contributed by atoms with Gasteiger partial charge in [-0.3, -0.25) is 9.59 Å². The predicted octanol–water partition coefficient (Wildman–Crippen LogP) is 3.46. The number of aromatic hydroxyl groups is 2. The SMILES string of the molecule is Cc1ccc(OCC(=O)N2CCCN(C(=O)c3cc(O)cc(O)c3)CC2)c(C(C)(C)C)c1. The first-order valence-electron chi connectivity index (χ1n) is 10.9. The van der Waals surface area contributed by atoms with Crippen LogP contribution in [-0.4, -0.2) is 64.6 Å². The quantitative estimate of drug-likeness (QED) is 0.760. The second kappa shape index (κ2) is 9.51. The minimum atomic E-state index is -0.281. The van der Waals surface area contributed by atoms with Crippen LogP contribution in [0.5, 0.6) is 17.2 Å². The van der Waals surface area contributed by atoms with Crippen molar-refractivity contribution in [3.05, 3.63) is 53.1 Å². The summed E-state index contributed by atoms with van der Waals surface area (Å²) >= 11 is 0. The van der Waals surface area contributed by atoms with E-state index in [1.165, 1.54) is 18.2 Å². The highest BCUT2D eigenvalue weighted by atomic mass is 16.5. The van der Waals surface area contributed by atoms with Gasteiger partial charge < -0.3 is 24.7 Å². The Morgan fingerprint density at radius 1 is 0.938 bits per heavy atom. The molecule has 32 heavy (non-hydrogen) atoms. The third kappa shape index (κ3) is 5.72. The van der Waals surface area contributed by atoms with Crippen LogP contribution in [0, 0.1) is 6.92 Å². The van der Waals surface area contributed by atoms with Crippen molar-refractivity contribution in [3.63, 3.8) is 0 Å². The Bertz CT molecular complexity index is 976. The summed E-state index contributed by atoms with van der Waals surface area (Å²) in [5, 5.41) is 19.3. The van der Waals surface area contributed by atoms with E-state index >= 15 is 0 Å². The van der Waals surface area contributed by atoms with E-state index < -0.39 is 0 Å². The van der Waals surface area contributed by atoms with E-state index in [2.05, 4.69) is 26.8 Å². The lowest BCUT2D eigenvalue weighted by molar-refractivity contribution is -0.133. The van der Waals surface area contributed by atoms with Gasteiger partial charge in [-0.2, -0.15) is 0 Å². The number of phenolic OH excluding ortho intramolecular Hbond substituents is 2. The van der Waals surface area contributed by atoms with Crippen LogP contribution >= 0.6 is 0 Å². The summed E-state index contributed by atoms with van der Waals surface area (Å²) in [6.07, 6.45) is 0.639. The fourth-order valence-corrected chi connectivity index (χ4v) is 3.86. The Morgan fingerprint density at radius 2 is 1.56 bits per heavy atom. The van der Waals surface area contributed by atoms with Gasteiger partial charge >= 0.3 is 0 Å². The molecule has 7 heteroatoms. The van der Waals surface area contributed by atoms with Crippen LogP contribution in [0.3, 0.4) is 0 Å². The number of ether oxygens (including phenoxy) is 1. The van der Waals surface area contributed by atoms with Crippen LogP contribution in [-0.2, 0) is 10.2 Å². The molecule has 2 amide bonds. The molecule has 1 fully saturated rings. The number of carbonyl (C=O) groups excluding carboxylic acids is 2. The van der Waals surface area contributed by atoms with Gasteiger partial charge in [0.05, 0.1) is 0 Å². The van der Waals surface area contributed by atoms with Gasteiger partial charge in [0.15, 0.2) is 6.61 Å². The van der Waals surface area contributed by atoms with Gasteiger partial charge in [0.1, 0.15) is 17.2 Å². The van der Waals surface area contributed by atoms with Crippen molar-refractivity contribution in [3.8, 4) is 17.2 Å². The summed E-state index contributed by atoms with van der Waals surface area (Å²) < 4.78 is 5.92. The van der Waals surface area contributed by atoms with Crippen LogP contribution in [0.25, 0.3) is 0 Å². The minimum Gasteiger partial charge on any atom is -0.508 e. The van der Waals surface area contributed by atoms with Crippen molar-refractivity contribution < 1.29 is 24.5 Å². The van der Waals surface area contributed by atoms with E-state index in [4.69, 9.17) is 4.74 Å². The van der Waals surface area contributed by atoms with Crippen molar-refractivity contribution in [1.29, 1.82) is 0 Å². The second-order valence-electron chi connectivity index (χ2n) is 9.30. The van der Waals surface area contributed by atoms with Crippen molar-refractivity contribution in [2.24, 2.45) is 0 Å². The molecule has 2 N–H and O–H groups in total. The maximum atomic E-state index is 12.8. The zero-order valence-corrected chi connectivity index (χ0v) is 19.2. The fourth-order valence-electron chi connectivity index (χ4n) is 3.86. The molecule has 1 aliphatic rings. The predicted molar refractivity (Wildman–Crippen MR) is 122 cm³/mol. The van der Waals surface area contributed by atoms with Crippen LogP contribution < -0.4 is 4.74 Å². The van der Waals surface area contributed by atoms with Gasteiger partial charge in [0.25, 0.3) is 11.8 Å². The lowest BCUT2D eigenvalue weighted by Crippen LogP contribution is -2.39. The molecule has 0 saturated carbocycles. The fraction of sp³-hybridized carbons (Fsp3) is 0.440. The van der Waals surface area contributed by atoms with Crippen LogP contribution in [0.2, 0.25) is 0 Å². The number of phenols is 2. The smallest absolute Gasteiger partial charge is 0.260 e. The molecule has 0 atom stereocenters. The first kappa shape index (κ1) is 23.4. The second-order valence-corrected chi connectivity index (χ2v) is 9.30. The molecule has 2 aromatic carbocycles. The number of hydrogen-bond donors (Lipinski definition) is 2. The van der Waals surface area contributed by atoms with Crippen LogP contribution in [0.4, 0.5) is 0 Å². The number of carbonyl (C=O) groups is 2. The highest BCUT2D eigenvalue weighted by Crippen LogP contribution is 2.32. The number of benzene rings is 2. The summed E-state index contributed by atoms with van der Waals surface area (Å²) in [6.45, 7) is 10.1. The van der Waals surface area contributed by atoms with Crippen molar-refractivity contribution in [2.75, 3.05) is 32.8 Å². The molecule has 1 saturated heterocycles. The molecule has 0 aromatic heterocycles. The molecule has 1 aliphatic heterocycles. The van der Waals surface area contributed by atoms with Crippen LogP contribution in [0.1, 0.15) is 48.7 Å². The minimum absolute atomic E-state index is 0.0550. The molecular formula is C25H32N2O5. The van der Waals surface area contributed by atoms with E-state index in [0.717, 1.165) is 11.1 Å². The van der Waals surface area contributed by atoms with Crippen molar-refractivity contribution in [1.82, 2.24) is 9.80 Å². The monoisotopic (exact) mass is 440 g/mol. The number of aryl methyl sites for hydroxylation is 1. The molecule has 7 nitrogen and oxygen atoms in total. The van der Waals surface area contributed by atoms with Crippen molar-refractivity contribution in [2.45, 2.75) is 39.5 Å². The standard InChI is InChI=1S/C25H32N2O5/c1-17-6-7-22(21(12-17)25(2,3)4)32-16-23(30)26-8-5-9-27(11-10-26)24(31)18-13-19(28)15-20(29)14-18/h6-7,12-15,28-29H,5,8-11,16H2,1-4H3. The Kier molecular flexibility index (Phi) is 6.96. The first-order valence-corrected chi connectivity index (χ1v) is 10.9. The molecule has 0 unspecified atom stereocenters. The van der Waals surface area contributed by atoms with Crippen molar-refractivity contribution >= 4 is 11.8 Å². The van der Waals surface area contributed by atoms with Gasteiger partial charge in [-0.05, 0) is 42.5 Å². The maximum absolute atomic E-state index is 12.8. The topological polar surface area (TPSA) is 90.3 Å². The summed E-state index contributed by atoms with van der Waals surface area (Å²) in [6, 6.07) is 9.82. The van der Waals surface area contributed by atoms with E-state index in [-0.39, 0.29) is 40.9 Å². The molecule has 1 heterocycles. The van der Waals surface area contributed by atoms with E-state index in [1.54, 1.807) is 9.80 Å². The number of rotatable bonds is 4. The lowest BCUT2D eigenvalue weighted by Gasteiger charge is -2.25. The molecule has 3 rings (SSSR count). The zero-order valence-electron chi connectivity index (χ0n) is 19.2. The summed E-state index contributed by atoms with van der Waals surface area (Å²) in [4.78, 5) is 29.0. The summed E-state index contributed by atoms with van der Waals surface area (Å²) in [5.74, 6) is -0.0107. The van der Waals surface area contributed by atoms with Gasteiger partial charge in [0, 0.05) is 37.8 Å². The summed E-state index contributed by atoms with van der Waals surface area (Å²) in [5.41, 5.74) is 2.33. The normalized spacial score (nSPS) is 14.8. The Labute approximate surface area is 189 Å². The number of amides is 2. The Morgan fingerprint density at radius 3 is 2.22 bits per heavy atom. The van der Waals surface area contributed by atoms with Gasteiger partial charge in [0.2, 0.25) is 0 Å². The van der Waals surface area contributed by atoms with E-state index in [1.807, 2.05) is 19.1 Å². The average molecular weight is 441 g/mol. The van der Waals surface area contributed by atoms with Gasteiger partial charge in [-0.1, -0.05) is 38.5 Å². The molecule has 2 aromatic rings. The molecule has 0 aliphatic carbocycles. The van der Waals surface area contributed by atoms with Gasteiger partial charge in [-0.15, -0.1) is 0 Å². The molecule has 0 bridgehead atoms. The highest BCUT2D eigenvalue weighted by molar-refractivity contribution is 5.95. The number of nitrogens with zero attached hydrogens (tertiary/aromatic N) is 2. The molecule has 0 radical (unpaired) electrons. The summed E-state index contributed by atoms with van der Waals surface area (Å²) in [7, 11) is 0. The average Bonchev–Trinajstić information content (AvgIpc) is 2.97. The number of hydrogen-bond acceptors (Lipinski definition) is 5. The molecular weight excluding hydrogens is 408 g/mol. The van der Waals surface area contributed by atoms with E-state index in [0.29, 0.717) is 38.3 Å². The molecule has 172 valence electrons. The first-order chi connectivity index (χ1) is 15.0. The van der Waals surface area contributed by atoms with E-state index in [9.17, 15) is 19.8 Å². The largest absolute Gasteiger partial charge is 0.508 e. The Balaban J connectivity index is 1.61. The Hall–Kier alpha value is -3.22. The lowest BCUT2D eigenvalue weighted by atomic mass is 9.85. The third-order valence-corrected chi connectivity index (χ3v) is 5.58. The van der Waals surface area contributed by atoms with Crippen LogP contribution in [0.15, 0.2) is 36.4 Å².